The normalized spacial score (nSPS) is 28.2. The van der Waals surface area contributed by atoms with E-state index in [0.717, 1.165) is 30.0 Å². The number of aryl methyl sites for hydroxylation is 1. The van der Waals surface area contributed by atoms with Crippen LogP contribution in [0.1, 0.15) is 30.9 Å². The first-order valence-electron chi connectivity index (χ1n) is 4.50. The number of hydrogen-bond donors (Lipinski definition) is 0. The van der Waals surface area contributed by atoms with Crippen molar-refractivity contribution in [1.82, 2.24) is 9.78 Å². The Balaban J connectivity index is 2.25. The van der Waals surface area contributed by atoms with E-state index in [-0.39, 0.29) is 0 Å². The highest BCUT2D eigenvalue weighted by Crippen LogP contribution is 2.39. The van der Waals surface area contributed by atoms with E-state index < -0.39 is 0 Å². The second-order valence-corrected chi connectivity index (χ2v) is 4.63. The van der Waals surface area contributed by atoms with Crippen LogP contribution in [0.15, 0.2) is 6.20 Å². The number of rotatable bonds is 1. The van der Waals surface area contributed by atoms with Crippen LogP contribution >= 0.6 is 23.2 Å². The zero-order valence-corrected chi connectivity index (χ0v) is 9.02. The minimum Gasteiger partial charge on any atom is -0.271 e. The lowest BCUT2D eigenvalue weighted by Gasteiger charge is -2.10. The van der Waals surface area contributed by atoms with Gasteiger partial charge in [0, 0.05) is 18.3 Å². The zero-order chi connectivity index (χ0) is 9.42. The van der Waals surface area contributed by atoms with Gasteiger partial charge >= 0.3 is 0 Å². The smallest absolute Gasteiger partial charge is 0.0820 e. The van der Waals surface area contributed by atoms with Gasteiger partial charge in [0.15, 0.2) is 0 Å². The number of halogens is 2. The third-order valence-electron chi connectivity index (χ3n) is 2.69. The summed E-state index contributed by atoms with van der Waals surface area (Å²) in [7, 11) is 1.93. The number of alkyl halides is 1. The third-order valence-corrected chi connectivity index (χ3v) is 3.38. The van der Waals surface area contributed by atoms with Crippen LogP contribution in [0.4, 0.5) is 0 Å². The molecule has 13 heavy (non-hydrogen) atoms. The first kappa shape index (κ1) is 9.35. The predicted molar refractivity (Wildman–Crippen MR) is 54.5 cm³/mol. The molecule has 0 N–H and O–H groups in total. The fourth-order valence-electron chi connectivity index (χ4n) is 2.05. The van der Waals surface area contributed by atoms with Crippen molar-refractivity contribution in [3.8, 4) is 0 Å². The van der Waals surface area contributed by atoms with Crippen molar-refractivity contribution in [1.29, 1.82) is 0 Å². The molecule has 2 nitrogen and oxygen atoms in total. The molecule has 1 fully saturated rings. The molecule has 1 aliphatic rings. The molecule has 1 aliphatic carbocycles. The molecule has 2 unspecified atom stereocenters. The van der Waals surface area contributed by atoms with Crippen molar-refractivity contribution in [2.24, 2.45) is 7.05 Å². The molecular formula is C9H12Cl2N2. The molecule has 0 saturated heterocycles. The summed E-state index contributed by atoms with van der Waals surface area (Å²) in [5, 5.41) is 5.22. The molecule has 2 rings (SSSR count). The molecule has 72 valence electrons. The lowest BCUT2D eigenvalue weighted by Crippen LogP contribution is -2.03. The van der Waals surface area contributed by atoms with E-state index in [4.69, 9.17) is 23.2 Å². The van der Waals surface area contributed by atoms with E-state index in [0.29, 0.717) is 11.3 Å². The molecule has 4 heteroatoms. The van der Waals surface area contributed by atoms with Gasteiger partial charge in [0.1, 0.15) is 0 Å². The summed E-state index contributed by atoms with van der Waals surface area (Å²) < 4.78 is 1.86. The van der Waals surface area contributed by atoms with Crippen molar-refractivity contribution in [3.05, 3.63) is 16.9 Å². The van der Waals surface area contributed by atoms with Gasteiger partial charge in [0.2, 0.25) is 0 Å². The quantitative estimate of drug-likeness (QED) is 0.664. The molecule has 2 atom stereocenters. The Bertz CT molecular complexity index is 289. The summed E-state index contributed by atoms with van der Waals surface area (Å²) in [5.74, 6) is 0.502. The average Bonchev–Trinajstić information content (AvgIpc) is 2.60. The third kappa shape index (κ3) is 1.70. The zero-order valence-electron chi connectivity index (χ0n) is 7.50. The lowest BCUT2D eigenvalue weighted by molar-refractivity contribution is 0.618. The van der Waals surface area contributed by atoms with E-state index in [1.807, 2.05) is 11.7 Å². The Morgan fingerprint density at radius 3 is 2.77 bits per heavy atom. The van der Waals surface area contributed by atoms with Crippen molar-refractivity contribution in [2.75, 3.05) is 0 Å². The van der Waals surface area contributed by atoms with Gasteiger partial charge < -0.3 is 0 Å². The molecule has 1 saturated carbocycles. The monoisotopic (exact) mass is 218 g/mol. The van der Waals surface area contributed by atoms with E-state index in [2.05, 4.69) is 5.10 Å². The Morgan fingerprint density at radius 1 is 1.54 bits per heavy atom. The predicted octanol–water partition coefficient (Wildman–Crippen LogP) is 2.95. The highest BCUT2D eigenvalue weighted by Gasteiger charge is 2.28. The fourth-order valence-corrected chi connectivity index (χ4v) is 2.72. The van der Waals surface area contributed by atoms with E-state index in [1.54, 1.807) is 6.20 Å². The Kier molecular flexibility index (Phi) is 2.52. The van der Waals surface area contributed by atoms with Crippen LogP contribution in [0.3, 0.4) is 0 Å². The minimum absolute atomic E-state index is 0.316. The van der Waals surface area contributed by atoms with E-state index >= 15 is 0 Å². The molecule has 0 aliphatic heterocycles. The lowest BCUT2D eigenvalue weighted by atomic mass is 10.0. The summed E-state index contributed by atoms with van der Waals surface area (Å²) in [6.07, 6.45) is 4.96. The van der Waals surface area contributed by atoms with Crippen LogP contribution in [0.2, 0.25) is 5.02 Å². The highest BCUT2D eigenvalue weighted by atomic mass is 35.5. The van der Waals surface area contributed by atoms with Gasteiger partial charge in [-0.3, -0.25) is 4.68 Å². The largest absolute Gasteiger partial charge is 0.271 e. The molecular weight excluding hydrogens is 207 g/mol. The number of hydrogen-bond acceptors (Lipinski definition) is 1. The van der Waals surface area contributed by atoms with Gasteiger partial charge in [-0.2, -0.15) is 5.10 Å². The summed E-state index contributed by atoms with van der Waals surface area (Å²) in [6.45, 7) is 0. The molecule has 1 heterocycles. The van der Waals surface area contributed by atoms with Crippen LogP contribution in [0.25, 0.3) is 0 Å². The van der Waals surface area contributed by atoms with Crippen molar-refractivity contribution in [3.63, 3.8) is 0 Å². The van der Waals surface area contributed by atoms with Crippen molar-refractivity contribution >= 4 is 23.2 Å². The second-order valence-electron chi connectivity index (χ2n) is 3.61. The minimum atomic E-state index is 0.316. The van der Waals surface area contributed by atoms with Gasteiger partial charge in [-0.15, -0.1) is 11.6 Å². The first-order valence-corrected chi connectivity index (χ1v) is 5.31. The maximum absolute atomic E-state index is 6.06. The molecule has 1 aromatic heterocycles. The van der Waals surface area contributed by atoms with Crippen molar-refractivity contribution < 1.29 is 0 Å². The SMILES string of the molecule is Cn1ncc(Cl)c1C1CCC(Cl)C1. The van der Waals surface area contributed by atoms with Gasteiger partial charge in [-0.1, -0.05) is 11.6 Å². The Labute approximate surface area is 87.8 Å². The van der Waals surface area contributed by atoms with Crippen molar-refractivity contribution in [2.45, 2.75) is 30.6 Å². The van der Waals surface area contributed by atoms with Gasteiger partial charge in [-0.25, -0.2) is 0 Å². The van der Waals surface area contributed by atoms with Crippen LogP contribution in [0.5, 0.6) is 0 Å². The molecule has 0 bridgehead atoms. The summed E-state index contributed by atoms with van der Waals surface area (Å²) in [5.41, 5.74) is 1.14. The van der Waals surface area contributed by atoms with E-state index in [9.17, 15) is 0 Å². The topological polar surface area (TPSA) is 17.8 Å². The maximum atomic E-state index is 6.06. The standard InChI is InChI=1S/C9H12Cl2N2/c1-13-9(8(11)5-12-13)6-2-3-7(10)4-6/h5-7H,2-4H2,1H3. The average molecular weight is 219 g/mol. The Hall–Kier alpha value is -0.210. The first-order chi connectivity index (χ1) is 6.18. The van der Waals surface area contributed by atoms with Crippen LogP contribution in [0, 0.1) is 0 Å². The number of aromatic nitrogens is 2. The van der Waals surface area contributed by atoms with Gasteiger partial charge in [0.05, 0.1) is 16.9 Å². The Morgan fingerprint density at radius 2 is 2.31 bits per heavy atom. The van der Waals surface area contributed by atoms with E-state index in [1.165, 1.54) is 0 Å². The van der Waals surface area contributed by atoms with Crippen LogP contribution in [-0.2, 0) is 7.05 Å². The fraction of sp³-hybridized carbons (Fsp3) is 0.667. The summed E-state index contributed by atoms with van der Waals surface area (Å²) in [4.78, 5) is 0. The second kappa shape index (κ2) is 3.50. The molecule has 1 aromatic rings. The molecule has 0 amide bonds. The molecule has 0 spiro atoms. The maximum Gasteiger partial charge on any atom is 0.0820 e. The van der Waals surface area contributed by atoms with Gasteiger partial charge in [-0.05, 0) is 19.3 Å². The highest BCUT2D eigenvalue weighted by molar-refractivity contribution is 6.31. The summed E-state index contributed by atoms with van der Waals surface area (Å²) >= 11 is 12.1. The van der Waals surface area contributed by atoms with Crippen LogP contribution < -0.4 is 0 Å². The summed E-state index contributed by atoms with van der Waals surface area (Å²) in [6, 6.07) is 0. The molecule has 0 radical (unpaired) electrons. The van der Waals surface area contributed by atoms with Gasteiger partial charge in [0.25, 0.3) is 0 Å². The molecule has 0 aromatic carbocycles. The number of nitrogens with zero attached hydrogens (tertiary/aromatic N) is 2. The van der Waals surface area contributed by atoms with Crippen LogP contribution in [-0.4, -0.2) is 15.2 Å².